The first-order valence-corrected chi connectivity index (χ1v) is 6.81. The fraction of sp³-hybridized carbons (Fsp3) is 0.714. The van der Waals surface area contributed by atoms with Crippen LogP contribution in [0.4, 0.5) is 0 Å². The summed E-state index contributed by atoms with van der Waals surface area (Å²) in [6, 6.07) is 2.00. The molecule has 0 aliphatic carbocycles. The van der Waals surface area contributed by atoms with E-state index in [-0.39, 0.29) is 0 Å². The maximum absolute atomic E-state index is 5.79. The van der Waals surface area contributed by atoms with Gasteiger partial charge in [0.05, 0.1) is 26.0 Å². The molecule has 1 saturated heterocycles. The highest BCUT2D eigenvalue weighted by Crippen LogP contribution is 2.17. The Bertz CT molecular complexity index is 332. The van der Waals surface area contributed by atoms with Crippen LogP contribution in [-0.2, 0) is 22.6 Å². The highest BCUT2D eigenvalue weighted by molar-refractivity contribution is 5.15. The summed E-state index contributed by atoms with van der Waals surface area (Å²) in [4.78, 5) is 0. The zero-order chi connectivity index (χ0) is 12.6. The maximum atomic E-state index is 5.79. The molecule has 0 amide bonds. The Kier molecular flexibility index (Phi) is 5.71. The van der Waals surface area contributed by atoms with Gasteiger partial charge in [0.2, 0.25) is 0 Å². The van der Waals surface area contributed by atoms with Gasteiger partial charge in [0.1, 0.15) is 5.76 Å². The van der Waals surface area contributed by atoms with Crippen LogP contribution in [-0.4, -0.2) is 26.4 Å². The molecule has 1 aliphatic heterocycles. The van der Waals surface area contributed by atoms with Crippen molar-refractivity contribution in [3.63, 3.8) is 0 Å². The van der Waals surface area contributed by atoms with Gasteiger partial charge in [-0.1, -0.05) is 6.92 Å². The Labute approximate surface area is 109 Å². The minimum atomic E-state index is 0.647. The third-order valence-electron chi connectivity index (χ3n) is 3.33. The first-order valence-electron chi connectivity index (χ1n) is 6.81. The molecule has 0 unspecified atom stereocenters. The van der Waals surface area contributed by atoms with Crippen molar-refractivity contribution in [1.82, 2.24) is 5.32 Å². The van der Waals surface area contributed by atoms with Gasteiger partial charge in [-0.2, -0.15) is 0 Å². The van der Waals surface area contributed by atoms with E-state index in [9.17, 15) is 0 Å². The molecule has 18 heavy (non-hydrogen) atoms. The molecule has 0 spiro atoms. The van der Waals surface area contributed by atoms with Crippen LogP contribution in [0.5, 0.6) is 0 Å². The predicted molar refractivity (Wildman–Crippen MR) is 69.3 cm³/mol. The van der Waals surface area contributed by atoms with Crippen LogP contribution in [0.2, 0.25) is 0 Å². The Balaban J connectivity index is 1.70. The second-order valence-corrected chi connectivity index (χ2v) is 4.72. The largest absolute Gasteiger partial charge is 0.468 e. The summed E-state index contributed by atoms with van der Waals surface area (Å²) in [7, 11) is 0. The Morgan fingerprint density at radius 1 is 1.39 bits per heavy atom. The summed E-state index contributed by atoms with van der Waals surface area (Å²) in [5.74, 6) is 1.65. The molecule has 1 aliphatic rings. The number of ether oxygens (including phenoxy) is 2. The molecule has 0 saturated carbocycles. The van der Waals surface area contributed by atoms with Crippen molar-refractivity contribution in [3.05, 3.63) is 23.7 Å². The third-order valence-corrected chi connectivity index (χ3v) is 3.33. The van der Waals surface area contributed by atoms with Crippen LogP contribution in [0.25, 0.3) is 0 Å². The lowest BCUT2D eigenvalue weighted by atomic mass is 10.0. The van der Waals surface area contributed by atoms with Crippen LogP contribution in [0.3, 0.4) is 0 Å². The Hall–Kier alpha value is -0.840. The van der Waals surface area contributed by atoms with Gasteiger partial charge in [-0.05, 0) is 31.4 Å². The number of furan rings is 1. The van der Waals surface area contributed by atoms with Gasteiger partial charge < -0.3 is 19.2 Å². The molecular formula is C14H23NO3. The van der Waals surface area contributed by atoms with Gasteiger partial charge in [0.15, 0.2) is 0 Å². The molecule has 0 aromatic carbocycles. The second kappa shape index (κ2) is 7.56. The van der Waals surface area contributed by atoms with Gasteiger partial charge in [-0.25, -0.2) is 0 Å². The maximum Gasteiger partial charge on any atom is 0.123 e. The van der Waals surface area contributed by atoms with Crippen molar-refractivity contribution in [3.8, 4) is 0 Å². The number of hydrogen-bond donors (Lipinski definition) is 1. The average molecular weight is 253 g/mol. The van der Waals surface area contributed by atoms with Gasteiger partial charge in [-0.15, -0.1) is 0 Å². The smallest absolute Gasteiger partial charge is 0.123 e. The highest BCUT2D eigenvalue weighted by Gasteiger charge is 2.14. The van der Waals surface area contributed by atoms with Gasteiger partial charge in [-0.3, -0.25) is 0 Å². The summed E-state index contributed by atoms with van der Waals surface area (Å²) in [6.07, 6.45) is 3.98. The molecule has 1 aromatic heterocycles. The van der Waals surface area contributed by atoms with Crippen molar-refractivity contribution in [2.75, 3.05) is 26.4 Å². The van der Waals surface area contributed by atoms with Crippen molar-refractivity contribution >= 4 is 0 Å². The fourth-order valence-electron chi connectivity index (χ4n) is 2.14. The third kappa shape index (κ3) is 4.12. The molecule has 0 atom stereocenters. The summed E-state index contributed by atoms with van der Waals surface area (Å²) in [5, 5.41) is 3.27. The van der Waals surface area contributed by atoms with E-state index in [0.29, 0.717) is 12.5 Å². The monoisotopic (exact) mass is 253 g/mol. The molecule has 2 rings (SSSR count). The molecule has 1 fully saturated rings. The number of rotatable bonds is 7. The zero-order valence-electron chi connectivity index (χ0n) is 11.1. The standard InChI is InChI=1S/C14H23NO3/c1-2-15-9-14-13(5-8-18-14)11-17-10-12-3-6-16-7-4-12/h5,8,12,15H,2-4,6-7,9-11H2,1H3. The minimum Gasteiger partial charge on any atom is -0.468 e. The minimum absolute atomic E-state index is 0.647. The van der Waals surface area contributed by atoms with Crippen LogP contribution < -0.4 is 5.32 Å². The molecular weight excluding hydrogens is 230 g/mol. The van der Waals surface area contributed by atoms with E-state index in [1.807, 2.05) is 6.07 Å². The van der Waals surface area contributed by atoms with Crippen molar-refractivity contribution in [2.24, 2.45) is 5.92 Å². The molecule has 4 nitrogen and oxygen atoms in total. The molecule has 4 heteroatoms. The number of nitrogens with one attached hydrogen (secondary N) is 1. The highest BCUT2D eigenvalue weighted by atomic mass is 16.5. The molecule has 102 valence electrons. The first-order chi connectivity index (χ1) is 8.90. The lowest BCUT2D eigenvalue weighted by Crippen LogP contribution is -2.20. The van der Waals surface area contributed by atoms with Crippen molar-refractivity contribution in [2.45, 2.75) is 32.9 Å². The Morgan fingerprint density at radius 3 is 3.00 bits per heavy atom. The zero-order valence-corrected chi connectivity index (χ0v) is 11.1. The fourth-order valence-corrected chi connectivity index (χ4v) is 2.14. The van der Waals surface area contributed by atoms with E-state index >= 15 is 0 Å². The summed E-state index contributed by atoms with van der Waals surface area (Å²) in [5.41, 5.74) is 1.16. The molecule has 1 N–H and O–H groups in total. The molecule has 0 radical (unpaired) electrons. The van der Waals surface area contributed by atoms with E-state index < -0.39 is 0 Å². The quantitative estimate of drug-likeness (QED) is 0.810. The Morgan fingerprint density at radius 2 is 2.22 bits per heavy atom. The van der Waals surface area contributed by atoms with Crippen LogP contribution in [0.1, 0.15) is 31.1 Å². The summed E-state index contributed by atoms with van der Waals surface area (Å²) in [6.45, 7) is 7.05. The summed E-state index contributed by atoms with van der Waals surface area (Å²) >= 11 is 0. The van der Waals surface area contributed by atoms with E-state index in [4.69, 9.17) is 13.9 Å². The topological polar surface area (TPSA) is 43.6 Å². The van der Waals surface area contributed by atoms with E-state index in [1.165, 1.54) is 0 Å². The average Bonchev–Trinajstić information content (AvgIpc) is 2.85. The lowest BCUT2D eigenvalue weighted by Gasteiger charge is -2.21. The molecule has 1 aromatic rings. The predicted octanol–water partition coefficient (Wildman–Crippen LogP) is 2.33. The lowest BCUT2D eigenvalue weighted by molar-refractivity contribution is 0.0154. The van der Waals surface area contributed by atoms with Gasteiger partial charge in [0.25, 0.3) is 0 Å². The van der Waals surface area contributed by atoms with Gasteiger partial charge >= 0.3 is 0 Å². The van der Waals surface area contributed by atoms with E-state index in [2.05, 4.69) is 12.2 Å². The van der Waals surface area contributed by atoms with E-state index in [1.54, 1.807) is 6.26 Å². The van der Waals surface area contributed by atoms with Crippen molar-refractivity contribution in [1.29, 1.82) is 0 Å². The molecule has 0 bridgehead atoms. The molecule has 2 heterocycles. The van der Waals surface area contributed by atoms with Crippen LogP contribution >= 0.6 is 0 Å². The SMILES string of the molecule is CCNCc1occc1COCC1CCOCC1. The second-order valence-electron chi connectivity index (χ2n) is 4.72. The van der Waals surface area contributed by atoms with E-state index in [0.717, 1.165) is 57.1 Å². The number of hydrogen-bond acceptors (Lipinski definition) is 4. The normalized spacial score (nSPS) is 17.2. The van der Waals surface area contributed by atoms with Crippen LogP contribution in [0.15, 0.2) is 16.7 Å². The van der Waals surface area contributed by atoms with Gasteiger partial charge in [0, 0.05) is 18.8 Å². The van der Waals surface area contributed by atoms with Crippen LogP contribution in [0, 0.1) is 5.92 Å². The van der Waals surface area contributed by atoms with Crippen molar-refractivity contribution < 1.29 is 13.9 Å². The first kappa shape index (κ1) is 13.6. The summed E-state index contributed by atoms with van der Waals surface area (Å²) < 4.78 is 16.6.